The van der Waals surface area contributed by atoms with Crippen LogP contribution in [0.4, 0.5) is 0 Å². The Hall–Kier alpha value is -0.480. The Balaban J connectivity index is 1.65. The maximum absolute atomic E-state index is 6.06. The first kappa shape index (κ1) is 34.0. The summed E-state index contributed by atoms with van der Waals surface area (Å²) in [6, 6.07) is 0. The molecule has 12 nitrogen and oxygen atoms in total. The molecule has 4 rings (SSSR count). The Kier molecular flexibility index (Phi) is 20.4. The summed E-state index contributed by atoms with van der Waals surface area (Å²) in [5.74, 6) is 0. The predicted octanol–water partition coefficient (Wildman–Crippen LogP) is -0.632. The highest BCUT2D eigenvalue weighted by Gasteiger charge is 2.13. The van der Waals surface area contributed by atoms with E-state index in [1.807, 2.05) is 0 Å². The maximum atomic E-state index is 6.06. The molecule has 12 heteroatoms. The molecule has 4 bridgehead atoms. The van der Waals surface area contributed by atoms with Gasteiger partial charge in [-0.05, 0) is 0 Å². The molecule has 0 aliphatic carbocycles. The van der Waals surface area contributed by atoms with Gasteiger partial charge in [-0.15, -0.1) is 0 Å². The number of nitrogens with zero attached hydrogens (tertiary/aromatic N) is 4. The van der Waals surface area contributed by atoms with Gasteiger partial charge in [0.15, 0.2) is 0 Å². The molecule has 4 aliphatic rings. The third-order valence-corrected chi connectivity index (χ3v) is 7.37. The summed E-state index contributed by atoms with van der Waals surface area (Å²) in [5.41, 5.74) is 0. The lowest BCUT2D eigenvalue weighted by molar-refractivity contribution is 0.00250. The molecule has 40 heavy (non-hydrogen) atoms. The topological polar surface area (TPSA) is 86.8 Å². The molecule has 0 N–H and O–H groups in total. The van der Waals surface area contributed by atoms with Crippen LogP contribution in [0.3, 0.4) is 0 Å². The number of fused-ring (bicyclic) bond motifs is 30. The van der Waals surface area contributed by atoms with E-state index in [0.717, 1.165) is 78.5 Å². The Morgan fingerprint density at radius 2 is 0.325 bits per heavy atom. The highest BCUT2D eigenvalue weighted by atomic mass is 16.5. The van der Waals surface area contributed by atoms with Crippen LogP contribution in [-0.4, -0.2) is 204 Å². The van der Waals surface area contributed by atoms with Crippen LogP contribution in [0, 0.1) is 0 Å². The molecule has 4 heterocycles. The summed E-state index contributed by atoms with van der Waals surface area (Å²) in [6.45, 7) is 21.0. The van der Waals surface area contributed by atoms with Gasteiger partial charge >= 0.3 is 0 Å². The van der Waals surface area contributed by atoms with Gasteiger partial charge in [0.2, 0.25) is 0 Å². The second-order valence-corrected chi connectivity index (χ2v) is 10.3. The van der Waals surface area contributed by atoms with Crippen molar-refractivity contribution >= 4 is 0 Å². The molecule has 0 saturated carbocycles. The smallest absolute Gasteiger partial charge is 0.0701 e. The Morgan fingerprint density at radius 1 is 0.175 bits per heavy atom. The molecule has 0 aromatic carbocycles. The first-order valence-corrected chi connectivity index (χ1v) is 15.4. The first-order valence-electron chi connectivity index (χ1n) is 15.4. The monoisotopic (exact) mass is 576 g/mol. The van der Waals surface area contributed by atoms with Crippen LogP contribution < -0.4 is 0 Å². The average Bonchev–Trinajstić information content (AvgIpc) is 2.96. The second-order valence-electron chi connectivity index (χ2n) is 10.3. The fourth-order valence-electron chi connectivity index (χ4n) is 4.73. The molecular formula is C28H56N4O8. The van der Waals surface area contributed by atoms with Gasteiger partial charge in [0.25, 0.3) is 0 Å². The summed E-state index contributed by atoms with van der Waals surface area (Å²) in [4.78, 5) is 9.58. The third kappa shape index (κ3) is 17.5. The van der Waals surface area contributed by atoms with Crippen molar-refractivity contribution in [3.63, 3.8) is 0 Å². The highest BCUT2D eigenvalue weighted by Crippen LogP contribution is 1.99. The van der Waals surface area contributed by atoms with E-state index >= 15 is 0 Å². The van der Waals surface area contributed by atoms with Gasteiger partial charge in [0.05, 0.1) is 106 Å². The van der Waals surface area contributed by atoms with Crippen molar-refractivity contribution < 1.29 is 37.9 Å². The van der Waals surface area contributed by atoms with Crippen molar-refractivity contribution in [2.45, 2.75) is 0 Å². The van der Waals surface area contributed by atoms with E-state index in [9.17, 15) is 0 Å². The molecule has 0 amide bonds. The normalized spacial score (nSPS) is 32.4. The van der Waals surface area contributed by atoms with Crippen molar-refractivity contribution in [1.82, 2.24) is 19.6 Å². The van der Waals surface area contributed by atoms with E-state index in [1.54, 1.807) is 0 Å². The molecular weight excluding hydrogens is 520 g/mol. The largest absolute Gasteiger partial charge is 0.379 e. The molecule has 236 valence electrons. The first-order chi connectivity index (χ1) is 19.9. The van der Waals surface area contributed by atoms with E-state index in [0.29, 0.717) is 106 Å². The molecule has 4 saturated heterocycles. The fraction of sp³-hybridized carbons (Fsp3) is 1.00. The quantitative estimate of drug-likeness (QED) is 0.368. The summed E-state index contributed by atoms with van der Waals surface area (Å²) in [5, 5.41) is 0. The zero-order valence-electron chi connectivity index (χ0n) is 24.9. The van der Waals surface area contributed by atoms with Crippen LogP contribution in [0.25, 0.3) is 0 Å². The molecule has 0 spiro atoms. The van der Waals surface area contributed by atoms with Crippen molar-refractivity contribution in [3.8, 4) is 0 Å². The molecule has 0 aromatic heterocycles. The predicted molar refractivity (Wildman–Crippen MR) is 152 cm³/mol. The van der Waals surface area contributed by atoms with Crippen molar-refractivity contribution in [3.05, 3.63) is 0 Å². The van der Waals surface area contributed by atoms with Gasteiger partial charge in [0, 0.05) is 78.5 Å². The van der Waals surface area contributed by atoms with Crippen molar-refractivity contribution in [1.29, 1.82) is 0 Å². The maximum Gasteiger partial charge on any atom is 0.0701 e. The molecule has 0 aromatic rings. The number of ether oxygens (including phenoxy) is 8. The van der Waals surface area contributed by atoms with Gasteiger partial charge in [-0.2, -0.15) is 0 Å². The van der Waals surface area contributed by atoms with E-state index in [4.69, 9.17) is 37.9 Å². The standard InChI is InChI=1S/C28H56N4O8/c1-2-30-4-14-34-16-8-31-7-15-33-13-3-29(1)5-17-35-23-25-38-20-10-32(11-21-39-26-24-36-18-6-30)12-22-40-28-27-37-19-9-31/h1-28H2. The summed E-state index contributed by atoms with van der Waals surface area (Å²) < 4.78 is 47.4. The summed E-state index contributed by atoms with van der Waals surface area (Å²) >= 11 is 0. The summed E-state index contributed by atoms with van der Waals surface area (Å²) in [6.07, 6.45) is 0. The zero-order chi connectivity index (χ0) is 27.8. The van der Waals surface area contributed by atoms with Gasteiger partial charge in [-0.25, -0.2) is 0 Å². The van der Waals surface area contributed by atoms with E-state index in [1.165, 1.54) is 0 Å². The lowest BCUT2D eigenvalue weighted by Crippen LogP contribution is -2.41. The SMILES string of the molecule is C1COCCN2CCOCCN3CCOCCOCCN(CCO1)CCOCCOCCN(CCOCC2)CC3. The average molecular weight is 577 g/mol. The zero-order valence-corrected chi connectivity index (χ0v) is 24.9. The second kappa shape index (κ2) is 24.0. The molecule has 2 atom stereocenters. The van der Waals surface area contributed by atoms with Gasteiger partial charge < -0.3 is 37.9 Å². The van der Waals surface area contributed by atoms with Crippen LogP contribution in [0.2, 0.25) is 0 Å². The highest BCUT2D eigenvalue weighted by molar-refractivity contribution is 4.66. The Morgan fingerprint density at radius 3 is 0.525 bits per heavy atom. The number of hydrogen-bond donors (Lipinski definition) is 0. The number of rotatable bonds is 0. The minimum atomic E-state index is 0.592. The van der Waals surface area contributed by atoms with E-state index < -0.39 is 0 Å². The minimum absolute atomic E-state index is 0.592. The van der Waals surface area contributed by atoms with Crippen LogP contribution in [0.1, 0.15) is 0 Å². The van der Waals surface area contributed by atoms with Crippen LogP contribution in [-0.2, 0) is 37.9 Å². The third-order valence-electron chi connectivity index (χ3n) is 7.37. The Labute approximate surface area is 242 Å². The number of hydrogen-bond acceptors (Lipinski definition) is 12. The lowest BCUT2D eigenvalue weighted by atomic mass is 10.4. The minimum Gasteiger partial charge on any atom is -0.379 e. The Bertz CT molecular complexity index is 544. The van der Waals surface area contributed by atoms with Gasteiger partial charge in [-0.1, -0.05) is 0 Å². The molecule has 4 aliphatic heterocycles. The fourth-order valence-corrected chi connectivity index (χ4v) is 4.73. The van der Waals surface area contributed by atoms with Crippen molar-refractivity contribution in [2.24, 2.45) is 0 Å². The van der Waals surface area contributed by atoms with Crippen LogP contribution >= 0.6 is 0 Å². The van der Waals surface area contributed by atoms with Crippen LogP contribution in [0.15, 0.2) is 0 Å². The van der Waals surface area contributed by atoms with Crippen molar-refractivity contribution in [2.75, 3.05) is 184 Å². The molecule has 4 fully saturated rings. The molecule has 0 radical (unpaired) electrons. The van der Waals surface area contributed by atoms with Crippen LogP contribution in [0.5, 0.6) is 0 Å². The van der Waals surface area contributed by atoms with Gasteiger partial charge in [0.1, 0.15) is 0 Å². The van der Waals surface area contributed by atoms with Gasteiger partial charge in [-0.3, -0.25) is 19.6 Å². The van der Waals surface area contributed by atoms with E-state index in [2.05, 4.69) is 19.6 Å². The van der Waals surface area contributed by atoms with E-state index in [-0.39, 0.29) is 0 Å². The lowest BCUT2D eigenvalue weighted by Gasteiger charge is -2.27. The summed E-state index contributed by atoms with van der Waals surface area (Å²) in [7, 11) is 0. The molecule has 2 unspecified atom stereocenters.